The zero-order valence-corrected chi connectivity index (χ0v) is 28.3. The van der Waals surface area contributed by atoms with Gasteiger partial charge in [0.15, 0.2) is 0 Å². The van der Waals surface area contributed by atoms with Crippen LogP contribution in [-0.4, -0.2) is 41.5 Å². The summed E-state index contributed by atoms with van der Waals surface area (Å²) in [6.45, 7) is 6.07. The molecule has 2 heterocycles. The second-order valence-electron chi connectivity index (χ2n) is 14.4. The van der Waals surface area contributed by atoms with Gasteiger partial charge in [0.1, 0.15) is 17.6 Å². The number of hydrogen-bond acceptors (Lipinski definition) is 4. The Kier molecular flexibility index (Phi) is 12.5. The van der Waals surface area contributed by atoms with Crippen LogP contribution in [0, 0.1) is 17.8 Å². The van der Waals surface area contributed by atoms with Crippen molar-refractivity contribution < 1.29 is 32.5 Å². The summed E-state index contributed by atoms with van der Waals surface area (Å²) in [6, 6.07) is 11.5. The fraction of sp³-hybridized carbons (Fsp3) is 0.667. The van der Waals surface area contributed by atoms with E-state index < -0.39 is 18.2 Å². The molecule has 1 aliphatic carbocycles. The first-order chi connectivity index (χ1) is 22.6. The molecule has 1 saturated heterocycles. The molecule has 260 valence electrons. The Morgan fingerprint density at radius 2 is 1.66 bits per heavy atom. The lowest BCUT2D eigenvalue weighted by molar-refractivity contribution is -0.275. The molecule has 2 aromatic carbocycles. The lowest BCUT2D eigenvalue weighted by Crippen LogP contribution is -2.40. The molecule has 0 radical (unpaired) electrons. The van der Waals surface area contributed by atoms with Crippen LogP contribution in [0.15, 0.2) is 36.4 Å². The number of rotatable bonds is 17. The van der Waals surface area contributed by atoms with Gasteiger partial charge in [0.25, 0.3) is 0 Å². The summed E-state index contributed by atoms with van der Waals surface area (Å²) in [5.74, 6) is 0.426. The number of benzene rings is 2. The molecule has 5 rings (SSSR count). The predicted molar refractivity (Wildman–Crippen MR) is 179 cm³/mol. The summed E-state index contributed by atoms with van der Waals surface area (Å²) in [5.41, 5.74) is 3.93. The number of nitrogens with zero attached hydrogens (tertiary/aromatic N) is 1. The lowest BCUT2D eigenvalue weighted by Gasteiger charge is -2.38. The van der Waals surface area contributed by atoms with Crippen LogP contribution in [0.1, 0.15) is 125 Å². The minimum atomic E-state index is -4.72. The van der Waals surface area contributed by atoms with Crippen molar-refractivity contribution in [3.63, 3.8) is 0 Å². The van der Waals surface area contributed by atoms with Gasteiger partial charge in [-0.3, -0.25) is 9.69 Å². The van der Waals surface area contributed by atoms with Gasteiger partial charge in [-0.05, 0) is 111 Å². The number of carboxylic acids is 1. The Balaban J connectivity index is 1.15. The summed E-state index contributed by atoms with van der Waals surface area (Å²) < 4.78 is 50.9. The molecule has 5 nitrogen and oxygen atoms in total. The van der Waals surface area contributed by atoms with E-state index in [1.807, 2.05) is 13.0 Å². The number of piperidine rings is 1. The van der Waals surface area contributed by atoms with Gasteiger partial charge in [-0.2, -0.15) is 0 Å². The summed E-state index contributed by atoms with van der Waals surface area (Å²) in [5, 5.41) is 9.72. The number of carbonyl (C=O) groups is 1. The number of alkyl halides is 3. The maximum absolute atomic E-state index is 13.3. The summed E-state index contributed by atoms with van der Waals surface area (Å²) in [4.78, 5) is 14.1. The van der Waals surface area contributed by atoms with E-state index in [2.05, 4.69) is 34.8 Å². The highest BCUT2D eigenvalue weighted by molar-refractivity contribution is 5.71. The van der Waals surface area contributed by atoms with Crippen molar-refractivity contribution >= 4 is 5.97 Å². The van der Waals surface area contributed by atoms with E-state index in [0.717, 1.165) is 87.8 Å². The first-order valence-corrected chi connectivity index (χ1v) is 18.2. The number of hydrogen-bond donors (Lipinski definition) is 1. The maximum atomic E-state index is 13.3. The third-order valence-corrected chi connectivity index (χ3v) is 10.7. The minimum absolute atomic E-state index is 0.00931. The minimum Gasteiger partial charge on any atom is -0.490 e. The highest BCUT2D eigenvalue weighted by atomic mass is 19.4. The van der Waals surface area contributed by atoms with E-state index in [9.17, 15) is 23.1 Å². The zero-order chi connectivity index (χ0) is 33.4. The molecule has 0 unspecified atom stereocenters. The molecule has 47 heavy (non-hydrogen) atoms. The average Bonchev–Trinajstić information content (AvgIpc) is 3.88. The molecule has 8 heteroatoms. The lowest BCUT2D eigenvalue weighted by atomic mass is 9.81. The highest BCUT2D eigenvalue weighted by Crippen LogP contribution is 2.48. The Hall–Kier alpha value is -2.74. The number of aliphatic carboxylic acids is 1. The summed E-state index contributed by atoms with van der Waals surface area (Å²) >= 11 is 0. The van der Waals surface area contributed by atoms with Crippen LogP contribution in [0.4, 0.5) is 13.2 Å². The molecule has 3 atom stereocenters. The monoisotopic (exact) mass is 657 g/mol. The second-order valence-corrected chi connectivity index (χ2v) is 14.4. The van der Waals surface area contributed by atoms with Crippen molar-refractivity contribution in [1.82, 2.24) is 4.90 Å². The standard InChI is InChI=1S/C39H54F3NO4/c1-3-4-5-6-7-8-9-10-11-28-12-18-35(47-39(40,41)42)33(24-28)26-43-22-20-30(21-23-43)34-19-17-29-13-16-32(25-36(29)46-34)37(31-14-15-31)27(2)38(44)45/h12-13,16,18,24-25,27,30-31,34,37H,3-11,14-15,17,19-23,26H2,1-2H3,(H,44,45)/t27-,34+,37-/m0/s1. The molecule has 1 saturated carbocycles. The van der Waals surface area contributed by atoms with Gasteiger partial charge in [-0.15, -0.1) is 13.2 Å². The third kappa shape index (κ3) is 10.4. The molecule has 0 amide bonds. The zero-order valence-electron chi connectivity index (χ0n) is 28.3. The molecule has 0 spiro atoms. The van der Waals surface area contributed by atoms with Gasteiger partial charge in [0.2, 0.25) is 0 Å². The molecule has 2 aromatic rings. The topological polar surface area (TPSA) is 59.0 Å². The van der Waals surface area contributed by atoms with Crippen LogP contribution < -0.4 is 9.47 Å². The molecule has 2 fully saturated rings. The third-order valence-electron chi connectivity index (χ3n) is 10.7. The highest BCUT2D eigenvalue weighted by Gasteiger charge is 2.39. The Bertz CT molecular complexity index is 1300. The first kappa shape index (κ1) is 35.6. The number of halogens is 3. The fourth-order valence-electron chi connectivity index (χ4n) is 7.85. The number of aryl methyl sites for hydroxylation is 2. The van der Waals surface area contributed by atoms with E-state index in [-0.39, 0.29) is 17.8 Å². The molecular formula is C39H54F3NO4. The van der Waals surface area contributed by atoms with Crippen molar-refractivity contribution in [2.75, 3.05) is 13.1 Å². The normalized spacial score (nSPS) is 20.3. The molecule has 2 aliphatic heterocycles. The van der Waals surface area contributed by atoms with Crippen LogP contribution >= 0.6 is 0 Å². The molecular weight excluding hydrogens is 603 g/mol. The van der Waals surface area contributed by atoms with Gasteiger partial charge in [0.05, 0.1) is 5.92 Å². The van der Waals surface area contributed by atoms with Gasteiger partial charge < -0.3 is 14.6 Å². The smallest absolute Gasteiger partial charge is 0.490 e. The Labute approximate surface area is 279 Å². The van der Waals surface area contributed by atoms with E-state index in [0.29, 0.717) is 23.9 Å². The van der Waals surface area contributed by atoms with Crippen molar-refractivity contribution in [2.24, 2.45) is 17.8 Å². The van der Waals surface area contributed by atoms with Crippen molar-refractivity contribution in [2.45, 2.75) is 135 Å². The summed E-state index contributed by atoms with van der Waals surface area (Å²) in [6.07, 6.45) is 11.9. The molecule has 1 N–H and O–H groups in total. The summed E-state index contributed by atoms with van der Waals surface area (Å²) in [7, 11) is 0. The number of ether oxygens (including phenoxy) is 2. The second kappa shape index (κ2) is 16.6. The van der Waals surface area contributed by atoms with E-state index in [1.54, 1.807) is 6.07 Å². The quantitative estimate of drug-likeness (QED) is 0.172. The van der Waals surface area contributed by atoms with Crippen LogP contribution in [0.3, 0.4) is 0 Å². The Morgan fingerprint density at radius 3 is 2.32 bits per heavy atom. The van der Waals surface area contributed by atoms with Crippen LogP contribution in [0.2, 0.25) is 0 Å². The van der Waals surface area contributed by atoms with Gasteiger partial charge in [0, 0.05) is 12.1 Å². The fourth-order valence-corrected chi connectivity index (χ4v) is 7.85. The van der Waals surface area contributed by atoms with Crippen LogP contribution in [-0.2, 0) is 24.2 Å². The number of likely N-dealkylation sites (tertiary alicyclic amines) is 1. The predicted octanol–water partition coefficient (Wildman–Crippen LogP) is 10.1. The average molecular weight is 658 g/mol. The van der Waals surface area contributed by atoms with Crippen LogP contribution in [0.5, 0.6) is 11.5 Å². The molecule has 3 aliphatic rings. The van der Waals surface area contributed by atoms with Gasteiger partial charge in [-0.1, -0.05) is 83.1 Å². The SMILES string of the molecule is CCCCCCCCCCc1ccc(OC(F)(F)F)c(CN2CCC([C@H]3CCc4ccc([C@H](C5CC5)[C@H](C)C(=O)O)cc4O3)CC2)c1. The Morgan fingerprint density at radius 1 is 0.957 bits per heavy atom. The first-order valence-electron chi connectivity index (χ1n) is 18.2. The van der Waals surface area contributed by atoms with E-state index in [4.69, 9.17) is 4.74 Å². The number of carboxylic acid groups (broad SMARTS) is 1. The van der Waals surface area contributed by atoms with E-state index >= 15 is 0 Å². The largest absolute Gasteiger partial charge is 0.573 e. The van der Waals surface area contributed by atoms with Gasteiger partial charge >= 0.3 is 12.3 Å². The molecule has 0 aromatic heterocycles. The van der Waals surface area contributed by atoms with Crippen molar-refractivity contribution in [3.05, 3.63) is 58.7 Å². The van der Waals surface area contributed by atoms with Crippen molar-refractivity contribution in [3.8, 4) is 11.5 Å². The van der Waals surface area contributed by atoms with E-state index in [1.165, 1.54) is 50.2 Å². The maximum Gasteiger partial charge on any atom is 0.573 e. The van der Waals surface area contributed by atoms with Crippen molar-refractivity contribution in [1.29, 1.82) is 0 Å². The number of fused-ring (bicyclic) bond motifs is 1. The van der Waals surface area contributed by atoms with Gasteiger partial charge in [-0.25, -0.2) is 0 Å². The molecule has 0 bridgehead atoms. The number of unbranched alkanes of at least 4 members (excludes halogenated alkanes) is 7. The van der Waals surface area contributed by atoms with Crippen LogP contribution in [0.25, 0.3) is 0 Å².